The van der Waals surface area contributed by atoms with Gasteiger partial charge in [0.2, 0.25) is 0 Å². The molecule has 0 aromatic heterocycles. The predicted octanol–water partition coefficient (Wildman–Crippen LogP) is -0.0935. The van der Waals surface area contributed by atoms with E-state index >= 15 is 0 Å². The second-order valence-electron chi connectivity index (χ2n) is 3.01. The highest BCUT2D eigenvalue weighted by Crippen LogP contribution is 2.30. The van der Waals surface area contributed by atoms with Crippen molar-refractivity contribution >= 4 is 11.0 Å². The van der Waals surface area contributed by atoms with Crippen LogP contribution >= 0.6 is 0 Å². The summed E-state index contributed by atoms with van der Waals surface area (Å²) in [5.74, 6) is 0.167. The number of allylic oxidation sites excluding steroid dienone is 2. The van der Waals surface area contributed by atoms with Crippen LogP contribution in [0.4, 0.5) is 0 Å². The van der Waals surface area contributed by atoms with Gasteiger partial charge in [-0.3, -0.25) is 0 Å². The molecule has 4 atom stereocenters. The monoisotopic (exact) mass is 173 g/mol. The zero-order valence-corrected chi connectivity index (χ0v) is 6.88. The van der Waals surface area contributed by atoms with Gasteiger partial charge in [0, 0.05) is 5.92 Å². The molecule has 1 heterocycles. The smallest absolute Gasteiger partial charge is 0.120 e. The van der Waals surface area contributed by atoms with Gasteiger partial charge < -0.3 is 5.11 Å². The summed E-state index contributed by atoms with van der Waals surface area (Å²) in [5, 5.41) is 9.49. The highest BCUT2D eigenvalue weighted by Gasteiger charge is 2.40. The Morgan fingerprint density at radius 1 is 1.45 bits per heavy atom. The quantitative estimate of drug-likeness (QED) is 0.503. The molecule has 0 bridgehead atoms. The van der Waals surface area contributed by atoms with Crippen LogP contribution in [0.2, 0.25) is 0 Å². The van der Waals surface area contributed by atoms with E-state index < -0.39 is 17.2 Å². The summed E-state index contributed by atoms with van der Waals surface area (Å²) in [6.07, 6.45) is 5.21. The third-order valence-corrected chi connectivity index (χ3v) is 3.90. The molecular weight excluding hydrogens is 162 g/mol. The number of fused-ring (bicyclic) bond motifs is 1. The van der Waals surface area contributed by atoms with Gasteiger partial charge in [-0.1, -0.05) is 12.2 Å². The molecule has 0 saturated carbocycles. The summed E-state index contributed by atoms with van der Waals surface area (Å²) in [4.78, 5) is 0. The molecule has 2 N–H and O–H groups in total. The first kappa shape index (κ1) is 7.46. The van der Waals surface area contributed by atoms with Crippen molar-refractivity contribution in [3.63, 3.8) is 0 Å². The highest BCUT2D eigenvalue weighted by atomic mass is 32.2. The topological polar surface area (TPSA) is 49.3 Å². The van der Waals surface area contributed by atoms with Gasteiger partial charge in [0.05, 0.1) is 16.2 Å². The first-order chi connectivity index (χ1) is 5.29. The minimum Gasteiger partial charge on any atom is -0.377 e. The van der Waals surface area contributed by atoms with Gasteiger partial charge >= 0.3 is 0 Å². The lowest BCUT2D eigenvalue weighted by Crippen LogP contribution is -2.27. The second kappa shape index (κ2) is 2.69. The van der Waals surface area contributed by atoms with Gasteiger partial charge in [-0.25, -0.2) is 8.93 Å². The standard InChI is InChI=1S/C7H11NO2S/c9-7-5-3-1-2-4-6(5)11(10)8-7/h1-2,5-9H,3-4H2/t5-,6+,7-,11?/m1/s1. The average Bonchev–Trinajstić information content (AvgIpc) is 2.30. The zero-order chi connectivity index (χ0) is 7.84. The van der Waals surface area contributed by atoms with E-state index in [2.05, 4.69) is 10.8 Å². The van der Waals surface area contributed by atoms with Crippen LogP contribution in [0.25, 0.3) is 0 Å². The van der Waals surface area contributed by atoms with E-state index in [1.165, 1.54) is 0 Å². The Bertz CT molecular complexity index is 216. The molecule has 1 aliphatic carbocycles. The molecule has 3 nitrogen and oxygen atoms in total. The molecule has 62 valence electrons. The molecule has 0 radical (unpaired) electrons. The van der Waals surface area contributed by atoms with E-state index in [1.807, 2.05) is 6.08 Å². The Kier molecular flexibility index (Phi) is 1.83. The van der Waals surface area contributed by atoms with Crippen LogP contribution in [0.3, 0.4) is 0 Å². The summed E-state index contributed by atoms with van der Waals surface area (Å²) in [7, 11) is -1.02. The van der Waals surface area contributed by atoms with Crippen LogP contribution < -0.4 is 4.72 Å². The van der Waals surface area contributed by atoms with Crippen molar-refractivity contribution in [3.8, 4) is 0 Å². The van der Waals surface area contributed by atoms with E-state index in [4.69, 9.17) is 0 Å². The maximum atomic E-state index is 11.2. The fourth-order valence-electron chi connectivity index (χ4n) is 1.68. The van der Waals surface area contributed by atoms with E-state index in [0.29, 0.717) is 0 Å². The normalized spacial score (nSPS) is 49.2. The minimum atomic E-state index is -1.02. The number of rotatable bonds is 0. The average molecular weight is 173 g/mol. The van der Waals surface area contributed by atoms with E-state index in [1.54, 1.807) is 0 Å². The first-order valence-corrected chi connectivity index (χ1v) is 5.00. The molecule has 0 aromatic carbocycles. The van der Waals surface area contributed by atoms with Crippen molar-refractivity contribution in [1.82, 2.24) is 4.72 Å². The van der Waals surface area contributed by atoms with Crippen molar-refractivity contribution < 1.29 is 9.32 Å². The number of aliphatic hydroxyl groups excluding tert-OH is 1. The molecule has 1 saturated heterocycles. The third kappa shape index (κ3) is 1.15. The minimum absolute atomic E-state index is 0.134. The molecule has 11 heavy (non-hydrogen) atoms. The predicted molar refractivity (Wildman–Crippen MR) is 42.9 cm³/mol. The fraction of sp³-hybridized carbons (Fsp3) is 0.714. The molecule has 2 aliphatic rings. The van der Waals surface area contributed by atoms with Crippen LogP contribution in [0, 0.1) is 5.92 Å². The first-order valence-electron chi connectivity index (χ1n) is 3.79. The third-order valence-electron chi connectivity index (χ3n) is 2.34. The molecule has 0 aromatic rings. The Labute approximate surface area is 68.1 Å². The van der Waals surface area contributed by atoms with Gasteiger partial charge in [-0.05, 0) is 12.8 Å². The largest absolute Gasteiger partial charge is 0.377 e. The molecule has 0 amide bonds. The van der Waals surface area contributed by atoms with Crippen molar-refractivity contribution in [2.75, 3.05) is 0 Å². The van der Waals surface area contributed by atoms with Crippen molar-refractivity contribution in [2.45, 2.75) is 24.3 Å². The fourth-order valence-corrected chi connectivity index (χ4v) is 3.13. The van der Waals surface area contributed by atoms with Gasteiger partial charge in [-0.2, -0.15) is 0 Å². The SMILES string of the molecule is O=S1N[C@H](O)[C@@H]2CC=CC[C@@H]21. The van der Waals surface area contributed by atoms with Crippen molar-refractivity contribution in [1.29, 1.82) is 0 Å². The van der Waals surface area contributed by atoms with Gasteiger partial charge in [-0.15, -0.1) is 0 Å². The maximum Gasteiger partial charge on any atom is 0.120 e. The Balaban J connectivity index is 2.21. The maximum absolute atomic E-state index is 11.2. The lowest BCUT2D eigenvalue weighted by Gasteiger charge is -2.19. The lowest BCUT2D eigenvalue weighted by atomic mass is 9.93. The van der Waals surface area contributed by atoms with Crippen LogP contribution in [0.1, 0.15) is 12.8 Å². The number of hydrogen-bond donors (Lipinski definition) is 2. The number of nitrogens with one attached hydrogen (secondary N) is 1. The molecule has 1 fully saturated rings. The van der Waals surface area contributed by atoms with Crippen LogP contribution in [0.5, 0.6) is 0 Å². The highest BCUT2D eigenvalue weighted by molar-refractivity contribution is 7.84. The van der Waals surface area contributed by atoms with Gasteiger partial charge in [0.25, 0.3) is 0 Å². The van der Waals surface area contributed by atoms with E-state index in [9.17, 15) is 9.32 Å². The molecule has 4 heteroatoms. The second-order valence-corrected chi connectivity index (χ2v) is 4.44. The molecule has 1 aliphatic heterocycles. The summed E-state index contributed by atoms with van der Waals surface area (Å²) in [5.41, 5.74) is 0. The Morgan fingerprint density at radius 3 is 2.91 bits per heavy atom. The Morgan fingerprint density at radius 2 is 2.18 bits per heavy atom. The summed E-state index contributed by atoms with van der Waals surface area (Å²) in [6.45, 7) is 0. The molecule has 0 spiro atoms. The van der Waals surface area contributed by atoms with Crippen molar-refractivity contribution in [2.24, 2.45) is 5.92 Å². The van der Waals surface area contributed by atoms with Gasteiger partial charge in [0.1, 0.15) is 6.23 Å². The van der Waals surface area contributed by atoms with Crippen LogP contribution in [-0.4, -0.2) is 20.8 Å². The molecule has 2 rings (SSSR count). The molecule has 1 unspecified atom stereocenters. The number of aliphatic hydroxyl groups is 1. The lowest BCUT2D eigenvalue weighted by molar-refractivity contribution is 0.110. The summed E-state index contributed by atoms with van der Waals surface area (Å²) in [6, 6.07) is 0. The van der Waals surface area contributed by atoms with E-state index in [-0.39, 0.29) is 11.2 Å². The van der Waals surface area contributed by atoms with Gasteiger partial charge in [0.15, 0.2) is 0 Å². The van der Waals surface area contributed by atoms with Crippen LogP contribution in [-0.2, 0) is 11.0 Å². The molecular formula is C7H11NO2S. The zero-order valence-electron chi connectivity index (χ0n) is 6.06. The number of hydrogen-bond acceptors (Lipinski definition) is 2. The summed E-state index contributed by atoms with van der Waals surface area (Å²) < 4.78 is 13.9. The van der Waals surface area contributed by atoms with E-state index in [0.717, 1.165) is 12.8 Å². The summed E-state index contributed by atoms with van der Waals surface area (Å²) >= 11 is 0. The van der Waals surface area contributed by atoms with Crippen molar-refractivity contribution in [3.05, 3.63) is 12.2 Å². The Hall–Kier alpha value is -0.190. The van der Waals surface area contributed by atoms with Crippen LogP contribution in [0.15, 0.2) is 12.2 Å².